The Hall–Kier alpha value is -0.590. The molecule has 1 heteroatoms. The van der Waals surface area contributed by atoms with Crippen molar-refractivity contribution in [3.8, 4) is 0 Å². The summed E-state index contributed by atoms with van der Waals surface area (Å²) in [5.74, 6) is 1.95. The number of ketones is 1. The minimum atomic E-state index is 0.239. The number of Topliss-reactive ketones (excluding diaryl/α,β-unsaturated/α-hetero) is 1. The first-order chi connectivity index (χ1) is 6.09. The van der Waals surface area contributed by atoms with Crippen LogP contribution in [0.2, 0.25) is 0 Å². The van der Waals surface area contributed by atoms with Crippen LogP contribution in [0.25, 0.3) is 0 Å². The molecule has 0 N–H and O–H groups in total. The summed E-state index contributed by atoms with van der Waals surface area (Å²) in [6.45, 7) is 5.98. The van der Waals surface area contributed by atoms with Crippen LogP contribution in [-0.2, 0) is 4.79 Å². The number of rotatable bonds is 3. The lowest BCUT2D eigenvalue weighted by Gasteiger charge is -2.22. The first-order valence-corrected chi connectivity index (χ1v) is 5.28. The molecule has 3 atom stereocenters. The second-order valence-corrected chi connectivity index (χ2v) is 4.45. The quantitative estimate of drug-likeness (QED) is 0.609. The van der Waals surface area contributed by atoms with Gasteiger partial charge in [-0.2, -0.15) is 0 Å². The van der Waals surface area contributed by atoms with Gasteiger partial charge in [-0.1, -0.05) is 26.0 Å². The number of carbonyl (C=O) groups excluding carboxylic acids is 1. The van der Waals surface area contributed by atoms with Gasteiger partial charge in [0.1, 0.15) is 5.78 Å². The average Bonchev–Trinajstić information content (AvgIpc) is 2.08. The Labute approximate surface area is 81.2 Å². The first kappa shape index (κ1) is 10.5. The van der Waals surface area contributed by atoms with Gasteiger partial charge in [-0.05, 0) is 38.0 Å². The van der Waals surface area contributed by atoms with Crippen molar-refractivity contribution in [1.29, 1.82) is 0 Å². The Kier molecular flexibility index (Phi) is 3.71. The summed E-state index contributed by atoms with van der Waals surface area (Å²) in [5.41, 5.74) is 0. The molecule has 0 spiro atoms. The van der Waals surface area contributed by atoms with Gasteiger partial charge >= 0.3 is 0 Å². The number of allylic oxidation sites excluding steroid dienone is 2. The van der Waals surface area contributed by atoms with E-state index in [1.807, 2.05) is 6.92 Å². The molecule has 74 valence electrons. The molecular formula is C12H20O. The molecule has 0 bridgehead atoms. The van der Waals surface area contributed by atoms with E-state index in [2.05, 4.69) is 19.1 Å². The Balaban J connectivity index is 2.38. The van der Waals surface area contributed by atoms with Crippen molar-refractivity contribution in [1.82, 2.24) is 0 Å². The lowest BCUT2D eigenvalue weighted by atomic mass is 9.83. The summed E-state index contributed by atoms with van der Waals surface area (Å²) in [6.07, 6.45) is 8.17. The second kappa shape index (κ2) is 4.59. The van der Waals surface area contributed by atoms with E-state index in [0.29, 0.717) is 11.7 Å². The third-order valence-electron chi connectivity index (χ3n) is 3.05. The summed E-state index contributed by atoms with van der Waals surface area (Å²) in [7, 11) is 0. The van der Waals surface area contributed by atoms with Crippen LogP contribution in [0.5, 0.6) is 0 Å². The van der Waals surface area contributed by atoms with Crippen molar-refractivity contribution in [2.24, 2.45) is 17.8 Å². The maximum absolute atomic E-state index is 11.1. The monoisotopic (exact) mass is 180 g/mol. The molecule has 1 aliphatic rings. The Morgan fingerprint density at radius 1 is 1.46 bits per heavy atom. The van der Waals surface area contributed by atoms with Crippen molar-refractivity contribution < 1.29 is 4.79 Å². The molecule has 1 nitrogen and oxygen atoms in total. The third-order valence-corrected chi connectivity index (χ3v) is 3.05. The van der Waals surface area contributed by atoms with Gasteiger partial charge in [-0.15, -0.1) is 0 Å². The van der Waals surface area contributed by atoms with Gasteiger partial charge in [-0.3, -0.25) is 4.79 Å². The van der Waals surface area contributed by atoms with Crippen LogP contribution in [0, 0.1) is 17.8 Å². The van der Waals surface area contributed by atoms with Crippen LogP contribution < -0.4 is 0 Å². The molecule has 0 aromatic heterocycles. The van der Waals surface area contributed by atoms with Crippen LogP contribution in [0.4, 0.5) is 0 Å². The van der Waals surface area contributed by atoms with Gasteiger partial charge in [0, 0.05) is 5.92 Å². The minimum Gasteiger partial charge on any atom is -0.300 e. The SMILES string of the molecule is CC(=O)C(C)CC1C=CC(C)CC1. The van der Waals surface area contributed by atoms with Crippen LogP contribution >= 0.6 is 0 Å². The maximum atomic E-state index is 11.1. The van der Waals surface area contributed by atoms with Gasteiger partial charge in [-0.25, -0.2) is 0 Å². The molecule has 0 amide bonds. The molecule has 1 rings (SSSR count). The molecule has 0 aromatic rings. The molecule has 3 unspecified atom stereocenters. The molecule has 0 saturated heterocycles. The van der Waals surface area contributed by atoms with E-state index in [-0.39, 0.29) is 5.92 Å². The molecule has 0 heterocycles. The summed E-state index contributed by atoms with van der Waals surface area (Å²) in [6, 6.07) is 0. The predicted octanol–water partition coefficient (Wildman–Crippen LogP) is 3.20. The van der Waals surface area contributed by atoms with Crippen LogP contribution in [0.1, 0.15) is 40.0 Å². The zero-order valence-electron chi connectivity index (χ0n) is 8.92. The smallest absolute Gasteiger partial charge is 0.132 e. The lowest BCUT2D eigenvalue weighted by molar-refractivity contribution is -0.120. The fourth-order valence-corrected chi connectivity index (χ4v) is 1.83. The van der Waals surface area contributed by atoms with E-state index < -0.39 is 0 Å². The average molecular weight is 180 g/mol. The van der Waals surface area contributed by atoms with Gasteiger partial charge in [0.25, 0.3) is 0 Å². The van der Waals surface area contributed by atoms with E-state index >= 15 is 0 Å². The summed E-state index contributed by atoms with van der Waals surface area (Å²) >= 11 is 0. The fourth-order valence-electron chi connectivity index (χ4n) is 1.83. The molecule has 0 aromatic carbocycles. The van der Waals surface area contributed by atoms with Crippen molar-refractivity contribution in [2.75, 3.05) is 0 Å². The van der Waals surface area contributed by atoms with Gasteiger partial charge in [0.05, 0.1) is 0 Å². The zero-order chi connectivity index (χ0) is 9.84. The van der Waals surface area contributed by atoms with E-state index in [0.717, 1.165) is 12.3 Å². The van der Waals surface area contributed by atoms with Crippen molar-refractivity contribution in [3.05, 3.63) is 12.2 Å². The number of hydrogen-bond donors (Lipinski definition) is 0. The molecule has 1 aliphatic carbocycles. The summed E-state index contributed by atoms with van der Waals surface area (Å²) in [5, 5.41) is 0. The second-order valence-electron chi connectivity index (χ2n) is 4.45. The van der Waals surface area contributed by atoms with Gasteiger partial charge in [0.2, 0.25) is 0 Å². The highest BCUT2D eigenvalue weighted by Gasteiger charge is 2.17. The Morgan fingerprint density at radius 3 is 2.62 bits per heavy atom. The van der Waals surface area contributed by atoms with E-state index in [1.165, 1.54) is 12.8 Å². The standard InChI is InChI=1S/C12H20O/c1-9-4-6-12(7-5-9)8-10(2)11(3)13/h4,6,9-10,12H,5,7-8H2,1-3H3. The molecule has 13 heavy (non-hydrogen) atoms. The van der Waals surface area contributed by atoms with E-state index in [9.17, 15) is 4.79 Å². The fraction of sp³-hybridized carbons (Fsp3) is 0.750. The molecule has 0 fully saturated rings. The Bertz CT molecular complexity index is 205. The summed E-state index contributed by atoms with van der Waals surface area (Å²) in [4.78, 5) is 11.1. The lowest BCUT2D eigenvalue weighted by Crippen LogP contribution is -2.14. The number of carbonyl (C=O) groups is 1. The van der Waals surface area contributed by atoms with E-state index in [4.69, 9.17) is 0 Å². The first-order valence-electron chi connectivity index (χ1n) is 5.28. The highest BCUT2D eigenvalue weighted by atomic mass is 16.1. The van der Waals surface area contributed by atoms with Crippen molar-refractivity contribution >= 4 is 5.78 Å². The Morgan fingerprint density at radius 2 is 2.15 bits per heavy atom. The number of hydrogen-bond acceptors (Lipinski definition) is 1. The predicted molar refractivity (Wildman–Crippen MR) is 55.5 cm³/mol. The maximum Gasteiger partial charge on any atom is 0.132 e. The van der Waals surface area contributed by atoms with Crippen molar-refractivity contribution in [2.45, 2.75) is 40.0 Å². The van der Waals surface area contributed by atoms with E-state index in [1.54, 1.807) is 6.92 Å². The van der Waals surface area contributed by atoms with Crippen LogP contribution in [-0.4, -0.2) is 5.78 Å². The topological polar surface area (TPSA) is 17.1 Å². The molecule has 0 saturated carbocycles. The molecular weight excluding hydrogens is 160 g/mol. The minimum absolute atomic E-state index is 0.239. The molecule has 0 radical (unpaired) electrons. The molecule has 0 aliphatic heterocycles. The highest BCUT2D eigenvalue weighted by molar-refractivity contribution is 5.77. The summed E-state index contributed by atoms with van der Waals surface area (Å²) < 4.78 is 0. The van der Waals surface area contributed by atoms with Crippen LogP contribution in [0.3, 0.4) is 0 Å². The van der Waals surface area contributed by atoms with Crippen LogP contribution in [0.15, 0.2) is 12.2 Å². The van der Waals surface area contributed by atoms with Gasteiger partial charge in [0.15, 0.2) is 0 Å². The largest absolute Gasteiger partial charge is 0.300 e. The normalized spacial score (nSPS) is 30.1. The zero-order valence-corrected chi connectivity index (χ0v) is 8.92. The third kappa shape index (κ3) is 3.33. The van der Waals surface area contributed by atoms with Crippen molar-refractivity contribution in [3.63, 3.8) is 0 Å². The van der Waals surface area contributed by atoms with Gasteiger partial charge < -0.3 is 0 Å². The highest BCUT2D eigenvalue weighted by Crippen LogP contribution is 2.26.